The standard InChI is InChI=1S/C20H20N4O2/c1-4-13-12-22-19(23-13)26-15-9-7-14(8-10-15)24-17-16(6-5-11-21-17)20(2,3)18(24)25/h5-12H,4H2,1-3H3,(H,22,23). The molecule has 0 spiro atoms. The Morgan fingerprint density at radius 2 is 1.92 bits per heavy atom. The molecule has 0 unspecified atom stereocenters. The fourth-order valence-corrected chi connectivity index (χ4v) is 3.14. The first-order valence-electron chi connectivity index (χ1n) is 8.62. The number of carbonyl (C=O) groups excluding carboxylic acids is 1. The number of H-pyrrole nitrogens is 1. The van der Waals surface area contributed by atoms with Crippen molar-refractivity contribution in [3.8, 4) is 11.8 Å². The molecule has 1 aliphatic rings. The lowest BCUT2D eigenvalue weighted by Crippen LogP contribution is -2.33. The molecule has 0 fully saturated rings. The minimum Gasteiger partial charge on any atom is -0.426 e. The van der Waals surface area contributed by atoms with Crippen LogP contribution >= 0.6 is 0 Å². The van der Waals surface area contributed by atoms with E-state index in [-0.39, 0.29) is 5.91 Å². The van der Waals surface area contributed by atoms with Crippen molar-refractivity contribution < 1.29 is 9.53 Å². The summed E-state index contributed by atoms with van der Waals surface area (Å²) in [6.45, 7) is 5.90. The highest BCUT2D eigenvalue weighted by molar-refractivity contribution is 6.11. The van der Waals surface area contributed by atoms with E-state index in [0.29, 0.717) is 17.6 Å². The summed E-state index contributed by atoms with van der Waals surface area (Å²) in [5, 5.41) is 0. The van der Waals surface area contributed by atoms with Gasteiger partial charge in [-0.1, -0.05) is 13.0 Å². The zero-order valence-corrected chi connectivity index (χ0v) is 15.0. The summed E-state index contributed by atoms with van der Waals surface area (Å²) in [4.78, 5) is 26.3. The summed E-state index contributed by atoms with van der Waals surface area (Å²) in [6, 6.07) is 11.6. The van der Waals surface area contributed by atoms with Gasteiger partial charge in [-0.15, -0.1) is 0 Å². The van der Waals surface area contributed by atoms with E-state index < -0.39 is 5.41 Å². The van der Waals surface area contributed by atoms with E-state index in [2.05, 4.69) is 15.0 Å². The number of benzene rings is 1. The van der Waals surface area contributed by atoms with Crippen LogP contribution in [0.25, 0.3) is 0 Å². The van der Waals surface area contributed by atoms with Gasteiger partial charge in [-0.05, 0) is 50.6 Å². The number of carbonyl (C=O) groups is 1. The number of hydrogen-bond acceptors (Lipinski definition) is 4. The van der Waals surface area contributed by atoms with E-state index in [0.717, 1.165) is 23.4 Å². The molecule has 1 aliphatic heterocycles. The molecular formula is C20H20N4O2. The molecule has 0 saturated heterocycles. The number of hydrogen-bond donors (Lipinski definition) is 1. The SMILES string of the molecule is CCc1cnc(Oc2ccc(N3C(=O)C(C)(C)c4cccnc43)cc2)[nH]1. The van der Waals surface area contributed by atoms with E-state index in [1.165, 1.54) is 0 Å². The Labute approximate surface area is 151 Å². The number of rotatable bonds is 4. The second-order valence-electron chi connectivity index (χ2n) is 6.80. The topological polar surface area (TPSA) is 71.1 Å². The molecule has 3 heterocycles. The lowest BCUT2D eigenvalue weighted by molar-refractivity contribution is -0.121. The number of fused-ring (bicyclic) bond motifs is 1. The first-order chi connectivity index (χ1) is 12.5. The molecular weight excluding hydrogens is 328 g/mol. The van der Waals surface area contributed by atoms with Crippen LogP contribution < -0.4 is 9.64 Å². The van der Waals surface area contributed by atoms with Crippen molar-refractivity contribution in [3.63, 3.8) is 0 Å². The highest BCUT2D eigenvalue weighted by Gasteiger charge is 2.45. The molecule has 132 valence electrons. The van der Waals surface area contributed by atoms with Crippen molar-refractivity contribution >= 4 is 17.4 Å². The first-order valence-corrected chi connectivity index (χ1v) is 8.62. The molecule has 6 nitrogen and oxygen atoms in total. The normalized spacial score (nSPS) is 15.2. The predicted octanol–water partition coefficient (Wildman–Crippen LogP) is 4.12. The van der Waals surface area contributed by atoms with Crippen LogP contribution in [0.4, 0.5) is 11.5 Å². The zero-order chi connectivity index (χ0) is 18.3. The predicted molar refractivity (Wildman–Crippen MR) is 98.9 cm³/mol. The molecule has 0 bridgehead atoms. The molecule has 1 amide bonds. The average molecular weight is 348 g/mol. The maximum atomic E-state index is 12.9. The summed E-state index contributed by atoms with van der Waals surface area (Å²) in [5.41, 5.74) is 2.13. The number of amides is 1. The Morgan fingerprint density at radius 3 is 2.62 bits per heavy atom. The lowest BCUT2D eigenvalue weighted by atomic mass is 9.87. The Balaban J connectivity index is 1.62. The third-order valence-electron chi connectivity index (χ3n) is 4.71. The van der Waals surface area contributed by atoms with Crippen LogP contribution in [-0.4, -0.2) is 20.9 Å². The number of aromatic nitrogens is 3. The zero-order valence-electron chi connectivity index (χ0n) is 15.0. The van der Waals surface area contributed by atoms with E-state index in [1.54, 1.807) is 17.3 Å². The van der Waals surface area contributed by atoms with Gasteiger partial charge in [0.2, 0.25) is 5.91 Å². The monoisotopic (exact) mass is 348 g/mol. The summed E-state index contributed by atoms with van der Waals surface area (Å²) in [5.74, 6) is 1.35. The number of nitrogens with one attached hydrogen (secondary N) is 1. The van der Waals surface area contributed by atoms with Gasteiger partial charge in [0.1, 0.15) is 11.6 Å². The fraction of sp³-hybridized carbons (Fsp3) is 0.250. The Hall–Kier alpha value is -3.15. The lowest BCUT2D eigenvalue weighted by Gasteiger charge is -2.20. The molecule has 1 aromatic carbocycles. The second-order valence-corrected chi connectivity index (χ2v) is 6.80. The van der Waals surface area contributed by atoms with Crippen molar-refractivity contribution in [3.05, 3.63) is 60.0 Å². The average Bonchev–Trinajstić information content (AvgIpc) is 3.18. The molecule has 0 aliphatic carbocycles. The fourth-order valence-electron chi connectivity index (χ4n) is 3.14. The third-order valence-corrected chi connectivity index (χ3v) is 4.71. The van der Waals surface area contributed by atoms with Crippen LogP contribution in [0.5, 0.6) is 11.8 Å². The smallest absolute Gasteiger partial charge is 0.299 e. The van der Waals surface area contributed by atoms with Gasteiger partial charge in [0.25, 0.3) is 6.01 Å². The molecule has 2 aromatic heterocycles. The minimum atomic E-state index is -0.594. The number of anilines is 2. The first kappa shape index (κ1) is 16.3. The Bertz CT molecular complexity index is 960. The van der Waals surface area contributed by atoms with Crippen molar-refractivity contribution in [2.45, 2.75) is 32.6 Å². The second kappa shape index (κ2) is 5.98. The number of nitrogens with zero attached hydrogens (tertiary/aromatic N) is 3. The van der Waals surface area contributed by atoms with Crippen molar-refractivity contribution in [1.82, 2.24) is 15.0 Å². The summed E-state index contributed by atoms with van der Waals surface area (Å²) in [7, 11) is 0. The van der Waals surface area contributed by atoms with Crippen LogP contribution in [0.15, 0.2) is 48.8 Å². The molecule has 6 heteroatoms. The van der Waals surface area contributed by atoms with Gasteiger partial charge in [0, 0.05) is 17.5 Å². The number of imidazole rings is 1. The quantitative estimate of drug-likeness (QED) is 0.770. The van der Waals surface area contributed by atoms with Gasteiger partial charge in [-0.25, -0.2) is 9.97 Å². The van der Waals surface area contributed by atoms with Crippen molar-refractivity contribution in [2.24, 2.45) is 0 Å². The van der Waals surface area contributed by atoms with E-state index in [4.69, 9.17) is 4.74 Å². The van der Waals surface area contributed by atoms with Crippen LogP contribution in [0.1, 0.15) is 32.0 Å². The van der Waals surface area contributed by atoms with Gasteiger partial charge in [-0.3, -0.25) is 9.69 Å². The number of aromatic amines is 1. The Morgan fingerprint density at radius 1 is 1.15 bits per heavy atom. The molecule has 26 heavy (non-hydrogen) atoms. The molecule has 0 saturated carbocycles. The van der Waals surface area contributed by atoms with Gasteiger partial charge >= 0.3 is 0 Å². The van der Waals surface area contributed by atoms with Crippen molar-refractivity contribution in [1.29, 1.82) is 0 Å². The van der Waals surface area contributed by atoms with Crippen LogP contribution in [-0.2, 0) is 16.6 Å². The molecule has 4 rings (SSSR count). The third kappa shape index (κ3) is 2.54. The number of ether oxygens (including phenoxy) is 1. The molecule has 0 atom stereocenters. The van der Waals surface area contributed by atoms with E-state index in [1.807, 2.05) is 57.2 Å². The van der Waals surface area contributed by atoms with E-state index in [9.17, 15) is 4.79 Å². The van der Waals surface area contributed by atoms with E-state index >= 15 is 0 Å². The molecule has 1 N–H and O–H groups in total. The van der Waals surface area contributed by atoms with Crippen LogP contribution in [0, 0.1) is 0 Å². The number of aryl methyl sites for hydroxylation is 1. The summed E-state index contributed by atoms with van der Waals surface area (Å²) >= 11 is 0. The van der Waals surface area contributed by atoms with Crippen molar-refractivity contribution in [2.75, 3.05) is 4.90 Å². The highest BCUT2D eigenvalue weighted by Crippen LogP contribution is 2.44. The summed E-state index contributed by atoms with van der Waals surface area (Å²) < 4.78 is 5.73. The largest absolute Gasteiger partial charge is 0.426 e. The van der Waals surface area contributed by atoms with Gasteiger partial charge in [0.05, 0.1) is 17.3 Å². The van der Waals surface area contributed by atoms with Gasteiger partial charge in [-0.2, -0.15) is 0 Å². The minimum absolute atomic E-state index is 0.0125. The maximum Gasteiger partial charge on any atom is 0.299 e. The van der Waals surface area contributed by atoms with Gasteiger partial charge < -0.3 is 9.72 Å². The number of pyridine rings is 1. The summed E-state index contributed by atoms with van der Waals surface area (Å²) in [6.07, 6.45) is 4.34. The van der Waals surface area contributed by atoms with Gasteiger partial charge in [0.15, 0.2) is 0 Å². The van der Waals surface area contributed by atoms with Crippen LogP contribution in [0.3, 0.4) is 0 Å². The molecule has 0 radical (unpaired) electrons. The maximum absolute atomic E-state index is 12.9. The highest BCUT2D eigenvalue weighted by atomic mass is 16.5. The Kier molecular flexibility index (Phi) is 3.76. The molecule has 3 aromatic rings. The van der Waals surface area contributed by atoms with Crippen LogP contribution in [0.2, 0.25) is 0 Å².